The van der Waals surface area contributed by atoms with E-state index < -0.39 is 17.7 Å². The number of aliphatic hydroxyl groups excluding tert-OH is 1. The third-order valence-corrected chi connectivity index (χ3v) is 9.52. The number of methoxy groups -OCH3 is 1. The molecular formula is C25H42N2O5. The molecule has 0 aromatic heterocycles. The van der Waals surface area contributed by atoms with Crippen LogP contribution < -0.4 is 5.32 Å². The van der Waals surface area contributed by atoms with Gasteiger partial charge in [0.1, 0.15) is 11.6 Å². The Balaban J connectivity index is 1.49. The van der Waals surface area contributed by atoms with Crippen molar-refractivity contribution in [3.05, 3.63) is 0 Å². The summed E-state index contributed by atoms with van der Waals surface area (Å²) in [4.78, 5) is 15.2. The molecule has 5 aliphatic rings. The number of carbonyl (C=O) groups excluding carboxylic acids is 1. The number of ether oxygens (including phenoxy) is 3. The predicted molar refractivity (Wildman–Crippen MR) is 120 cm³/mol. The Bertz CT molecular complexity index is 755. The van der Waals surface area contributed by atoms with Crippen LogP contribution in [-0.2, 0) is 19.0 Å². The molecule has 182 valence electrons. The van der Waals surface area contributed by atoms with Crippen molar-refractivity contribution in [3.63, 3.8) is 0 Å². The van der Waals surface area contributed by atoms with Gasteiger partial charge in [-0.3, -0.25) is 10.1 Å². The molecule has 2 aliphatic heterocycles. The summed E-state index contributed by atoms with van der Waals surface area (Å²) in [7, 11) is 4.13. The van der Waals surface area contributed by atoms with Gasteiger partial charge in [0, 0.05) is 30.5 Å². The molecule has 2 N–H and O–H groups in total. The van der Waals surface area contributed by atoms with Gasteiger partial charge in [-0.25, -0.2) is 0 Å². The van der Waals surface area contributed by atoms with Crippen molar-refractivity contribution in [1.29, 1.82) is 0 Å². The lowest BCUT2D eigenvalue weighted by atomic mass is 9.42. The molecule has 10 atom stereocenters. The van der Waals surface area contributed by atoms with E-state index in [0.29, 0.717) is 17.9 Å². The van der Waals surface area contributed by atoms with Gasteiger partial charge in [-0.05, 0) is 85.7 Å². The fourth-order valence-corrected chi connectivity index (χ4v) is 8.51. The standard InChI is InChI=1S/C25H42N2O5/c1-14(22(29)32-23(2,3)4)26-16-9-10-25(30-6)18-13-15-7-8-17(28)20-19(15)24(25,21(16)31-20)11-12-27(18)5/h14-21,26,28H,7-13H2,1-6H3/t14-,15?,16+,17?,18?,19?,20?,21-,24-,25+/m0/s1. The smallest absolute Gasteiger partial charge is 0.323 e. The van der Waals surface area contributed by atoms with Gasteiger partial charge in [-0.15, -0.1) is 0 Å². The van der Waals surface area contributed by atoms with E-state index in [2.05, 4.69) is 17.3 Å². The summed E-state index contributed by atoms with van der Waals surface area (Å²) in [5.41, 5.74) is -0.896. The third kappa shape index (κ3) is 3.07. The van der Waals surface area contributed by atoms with Crippen LogP contribution in [0.4, 0.5) is 0 Å². The van der Waals surface area contributed by atoms with E-state index in [-0.39, 0.29) is 35.2 Å². The Morgan fingerprint density at radius 2 is 2.00 bits per heavy atom. The Kier molecular flexibility index (Phi) is 5.50. The van der Waals surface area contributed by atoms with Crippen LogP contribution >= 0.6 is 0 Å². The zero-order valence-electron chi connectivity index (χ0n) is 20.6. The lowest BCUT2D eigenvalue weighted by Crippen LogP contribution is -2.78. The molecule has 7 heteroatoms. The number of nitrogens with one attached hydrogen (secondary N) is 1. The van der Waals surface area contributed by atoms with Gasteiger partial charge < -0.3 is 24.2 Å². The average molecular weight is 451 g/mol. The van der Waals surface area contributed by atoms with E-state index in [1.54, 1.807) is 0 Å². The number of hydrogen-bond donors (Lipinski definition) is 2. The molecule has 2 bridgehead atoms. The number of likely N-dealkylation sites (N-methyl/N-ethyl adjacent to an activating group) is 1. The van der Waals surface area contributed by atoms with Crippen molar-refractivity contribution < 1.29 is 24.1 Å². The number of rotatable bonds is 4. The minimum absolute atomic E-state index is 0.0430. The van der Waals surface area contributed by atoms with Crippen LogP contribution in [-0.4, -0.2) is 84.3 Å². The van der Waals surface area contributed by atoms with Crippen LogP contribution in [0.15, 0.2) is 0 Å². The lowest BCUT2D eigenvalue weighted by Gasteiger charge is -2.69. The SMILES string of the molecule is CO[C@]12CC[C@@H](N[C@@H](C)C(=O)OC(C)(C)C)[C@@H]3OC4C(O)CCC5CC1N(C)CC[C@]32C54. The summed E-state index contributed by atoms with van der Waals surface area (Å²) >= 11 is 0. The van der Waals surface area contributed by atoms with Crippen LogP contribution in [0.3, 0.4) is 0 Å². The number of nitrogens with zero attached hydrogens (tertiary/aromatic N) is 1. The molecule has 3 saturated carbocycles. The van der Waals surface area contributed by atoms with Gasteiger partial charge in [0.15, 0.2) is 0 Å². The van der Waals surface area contributed by atoms with Crippen LogP contribution in [0.2, 0.25) is 0 Å². The first-order valence-corrected chi connectivity index (χ1v) is 12.6. The van der Waals surface area contributed by atoms with Crippen LogP contribution in [0.1, 0.15) is 66.2 Å². The van der Waals surface area contributed by atoms with Gasteiger partial charge in [0.2, 0.25) is 0 Å². The molecular weight excluding hydrogens is 408 g/mol. The van der Waals surface area contributed by atoms with Gasteiger partial charge in [-0.2, -0.15) is 0 Å². The van der Waals surface area contributed by atoms with Gasteiger partial charge in [0.25, 0.3) is 0 Å². The summed E-state index contributed by atoms with van der Waals surface area (Å²) in [6.45, 7) is 8.61. The predicted octanol–water partition coefficient (Wildman–Crippen LogP) is 2.10. The summed E-state index contributed by atoms with van der Waals surface area (Å²) in [5.74, 6) is 0.658. The minimum Gasteiger partial charge on any atom is -0.459 e. The summed E-state index contributed by atoms with van der Waals surface area (Å²) in [6.07, 6.45) is 5.25. The molecule has 5 rings (SSSR count). The number of piperidine rings is 1. The second kappa shape index (κ2) is 7.64. The molecule has 3 aliphatic carbocycles. The van der Waals surface area contributed by atoms with Crippen molar-refractivity contribution in [2.45, 2.75) is 114 Å². The van der Waals surface area contributed by atoms with E-state index in [9.17, 15) is 9.90 Å². The Morgan fingerprint density at radius 1 is 1.25 bits per heavy atom. The maximum Gasteiger partial charge on any atom is 0.323 e. The minimum atomic E-state index is -0.510. The number of hydrogen-bond acceptors (Lipinski definition) is 7. The maximum atomic E-state index is 12.7. The molecule has 0 amide bonds. The van der Waals surface area contributed by atoms with Crippen LogP contribution in [0, 0.1) is 17.3 Å². The van der Waals surface area contributed by atoms with Crippen molar-refractivity contribution in [2.24, 2.45) is 17.3 Å². The molecule has 0 aromatic rings. The summed E-state index contributed by atoms with van der Waals surface area (Å²) in [6, 6.07) is 0.0106. The highest BCUT2D eigenvalue weighted by atomic mass is 16.6. The Morgan fingerprint density at radius 3 is 2.69 bits per heavy atom. The van der Waals surface area contributed by atoms with E-state index in [1.807, 2.05) is 34.8 Å². The van der Waals surface area contributed by atoms with E-state index >= 15 is 0 Å². The summed E-state index contributed by atoms with van der Waals surface area (Å²) in [5, 5.41) is 14.6. The number of aliphatic hydroxyl groups is 1. The zero-order valence-corrected chi connectivity index (χ0v) is 20.6. The van der Waals surface area contributed by atoms with E-state index in [0.717, 1.165) is 45.1 Å². The van der Waals surface area contributed by atoms with Crippen molar-refractivity contribution in [1.82, 2.24) is 10.2 Å². The monoisotopic (exact) mass is 450 g/mol. The normalized spacial score (nSPS) is 48.8. The quantitative estimate of drug-likeness (QED) is 0.635. The van der Waals surface area contributed by atoms with Gasteiger partial charge in [-0.1, -0.05) is 0 Å². The Hall–Kier alpha value is -0.730. The highest BCUT2D eigenvalue weighted by Gasteiger charge is 2.78. The molecule has 2 saturated heterocycles. The topological polar surface area (TPSA) is 80.3 Å². The molecule has 0 aromatic carbocycles. The Labute approximate surface area is 192 Å². The first-order valence-electron chi connectivity index (χ1n) is 12.6. The van der Waals surface area contributed by atoms with Crippen molar-refractivity contribution in [3.8, 4) is 0 Å². The first-order chi connectivity index (χ1) is 15.0. The molecule has 2 heterocycles. The number of likely N-dealkylation sites (tertiary alicyclic amines) is 1. The van der Waals surface area contributed by atoms with E-state index in [4.69, 9.17) is 14.2 Å². The molecule has 5 unspecified atom stereocenters. The van der Waals surface area contributed by atoms with Crippen molar-refractivity contribution in [2.75, 3.05) is 20.7 Å². The molecule has 5 fully saturated rings. The molecule has 0 radical (unpaired) electrons. The average Bonchev–Trinajstić information content (AvgIpc) is 3.08. The van der Waals surface area contributed by atoms with Crippen LogP contribution in [0.5, 0.6) is 0 Å². The number of carbonyl (C=O) groups is 1. The van der Waals surface area contributed by atoms with E-state index in [1.165, 1.54) is 0 Å². The highest BCUT2D eigenvalue weighted by Crippen LogP contribution is 2.70. The lowest BCUT2D eigenvalue weighted by molar-refractivity contribution is -0.269. The second-order valence-corrected chi connectivity index (χ2v) is 12.1. The second-order valence-electron chi connectivity index (χ2n) is 12.1. The largest absolute Gasteiger partial charge is 0.459 e. The number of esters is 1. The van der Waals surface area contributed by atoms with Crippen molar-refractivity contribution >= 4 is 5.97 Å². The van der Waals surface area contributed by atoms with Gasteiger partial charge in [0.05, 0.1) is 23.9 Å². The highest BCUT2D eigenvalue weighted by molar-refractivity contribution is 5.75. The molecule has 32 heavy (non-hydrogen) atoms. The molecule has 7 nitrogen and oxygen atoms in total. The zero-order chi connectivity index (χ0) is 23.1. The summed E-state index contributed by atoms with van der Waals surface area (Å²) < 4.78 is 19.0. The molecule has 1 spiro atoms. The van der Waals surface area contributed by atoms with Crippen LogP contribution in [0.25, 0.3) is 0 Å². The maximum absolute atomic E-state index is 12.7. The van der Waals surface area contributed by atoms with Gasteiger partial charge >= 0.3 is 5.97 Å². The first kappa shape index (κ1) is 23.0. The fraction of sp³-hybridized carbons (Fsp3) is 0.960. The fourth-order valence-electron chi connectivity index (χ4n) is 8.51. The third-order valence-electron chi connectivity index (χ3n) is 9.52.